The molecule has 0 bridgehead atoms. The van der Waals surface area contributed by atoms with Gasteiger partial charge in [-0.25, -0.2) is 4.98 Å². The molecule has 2 aromatic heterocycles. The van der Waals surface area contributed by atoms with Crippen LogP contribution in [0.2, 0.25) is 0 Å². The third-order valence-electron chi connectivity index (χ3n) is 4.89. The van der Waals surface area contributed by atoms with E-state index in [1.807, 2.05) is 18.7 Å². The number of nitrogens with two attached hydrogens (primary N) is 1. The lowest BCUT2D eigenvalue weighted by Crippen LogP contribution is -2.13. The molecule has 0 aromatic carbocycles. The molecular formula is C13H18N6. The minimum Gasteiger partial charge on any atom is -0.396 e. The second-order valence-electron chi connectivity index (χ2n) is 5.85. The van der Waals surface area contributed by atoms with Crippen LogP contribution in [0.1, 0.15) is 36.3 Å². The lowest BCUT2D eigenvalue weighted by Gasteiger charge is -2.16. The molecule has 6 nitrogen and oxygen atoms in total. The molecule has 2 aliphatic rings. The van der Waals surface area contributed by atoms with Crippen molar-refractivity contribution in [2.75, 3.05) is 5.73 Å². The Labute approximate surface area is 111 Å². The van der Waals surface area contributed by atoms with Gasteiger partial charge in [-0.15, -0.1) is 0 Å². The van der Waals surface area contributed by atoms with Crippen molar-refractivity contribution in [3.8, 4) is 0 Å². The van der Waals surface area contributed by atoms with Gasteiger partial charge in [-0.3, -0.25) is 9.36 Å². The normalized spacial score (nSPS) is 32.5. The Morgan fingerprint density at radius 1 is 1.26 bits per heavy atom. The van der Waals surface area contributed by atoms with Crippen molar-refractivity contribution in [1.29, 1.82) is 0 Å². The minimum absolute atomic E-state index is 0.511. The molecule has 0 aliphatic heterocycles. The van der Waals surface area contributed by atoms with Gasteiger partial charge in [0.05, 0.1) is 23.6 Å². The third-order valence-corrected chi connectivity index (χ3v) is 4.89. The van der Waals surface area contributed by atoms with Gasteiger partial charge in [-0.1, -0.05) is 0 Å². The van der Waals surface area contributed by atoms with Gasteiger partial charge in [0.2, 0.25) is 0 Å². The van der Waals surface area contributed by atoms with E-state index in [1.165, 1.54) is 12.8 Å². The second kappa shape index (κ2) is 3.59. The van der Waals surface area contributed by atoms with E-state index in [0.717, 1.165) is 29.0 Å². The first-order valence-electron chi connectivity index (χ1n) is 6.80. The average molecular weight is 258 g/mol. The standard InChI is InChI=1S/C13H18N6/c1-7-11(14)5-16-19(7)8-3-9-10(4-8)12(9)13-15-6-17-18(13)2/h5-6,8-10,12H,3-4,14H2,1-2H3. The molecule has 0 amide bonds. The Bertz CT molecular complexity index is 615. The largest absolute Gasteiger partial charge is 0.396 e. The number of nitrogen functional groups attached to an aromatic ring is 1. The van der Waals surface area contributed by atoms with E-state index in [9.17, 15) is 0 Å². The van der Waals surface area contributed by atoms with Crippen molar-refractivity contribution in [2.45, 2.75) is 31.7 Å². The molecule has 0 radical (unpaired) electrons. The quantitative estimate of drug-likeness (QED) is 0.880. The fourth-order valence-electron chi connectivity index (χ4n) is 3.81. The third kappa shape index (κ3) is 1.45. The summed E-state index contributed by atoms with van der Waals surface area (Å²) in [4.78, 5) is 4.39. The van der Waals surface area contributed by atoms with Crippen LogP contribution in [0.25, 0.3) is 0 Å². The number of fused-ring (bicyclic) bond motifs is 1. The van der Waals surface area contributed by atoms with Gasteiger partial charge < -0.3 is 5.73 Å². The predicted octanol–water partition coefficient (Wildman–Crippen LogP) is 1.27. The van der Waals surface area contributed by atoms with Gasteiger partial charge in [-0.05, 0) is 31.6 Å². The molecule has 6 heteroatoms. The average Bonchev–Trinajstić information content (AvgIpc) is 2.82. The van der Waals surface area contributed by atoms with Crippen molar-refractivity contribution in [1.82, 2.24) is 24.5 Å². The number of aromatic nitrogens is 5. The molecule has 2 aliphatic carbocycles. The van der Waals surface area contributed by atoms with Crippen molar-refractivity contribution in [2.24, 2.45) is 18.9 Å². The Kier molecular flexibility index (Phi) is 2.08. The summed E-state index contributed by atoms with van der Waals surface area (Å²) in [7, 11) is 1.98. The number of nitrogens with zero attached hydrogens (tertiary/aromatic N) is 5. The van der Waals surface area contributed by atoms with Crippen molar-refractivity contribution < 1.29 is 0 Å². The van der Waals surface area contributed by atoms with Crippen LogP contribution in [0, 0.1) is 18.8 Å². The van der Waals surface area contributed by atoms with Gasteiger partial charge in [0.15, 0.2) is 0 Å². The summed E-state index contributed by atoms with van der Waals surface area (Å²) in [5, 5.41) is 8.59. The summed E-state index contributed by atoms with van der Waals surface area (Å²) in [5.74, 6) is 3.25. The zero-order chi connectivity index (χ0) is 13.1. The topological polar surface area (TPSA) is 74.6 Å². The first-order valence-corrected chi connectivity index (χ1v) is 6.80. The molecule has 100 valence electrons. The summed E-state index contributed by atoms with van der Waals surface area (Å²) in [5.41, 5.74) is 7.77. The monoisotopic (exact) mass is 258 g/mol. The van der Waals surface area contributed by atoms with E-state index >= 15 is 0 Å². The molecule has 0 spiro atoms. The van der Waals surface area contributed by atoms with Crippen LogP contribution >= 0.6 is 0 Å². The molecule has 2 atom stereocenters. The SMILES string of the molecule is Cc1c(N)cnn1C1CC2C(C1)C2c1ncnn1C. The first kappa shape index (κ1) is 11.0. The summed E-state index contributed by atoms with van der Waals surface area (Å²) in [6, 6.07) is 0.511. The van der Waals surface area contributed by atoms with Crippen LogP contribution in [-0.4, -0.2) is 24.5 Å². The van der Waals surface area contributed by atoms with Crippen LogP contribution in [0.15, 0.2) is 12.5 Å². The number of hydrogen-bond acceptors (Lipinski definition) is 4. The van der Waals surface area contributed by atoms with E-state index in [1.54, 1.807) is 12.5 Å². The van der Waals surface area contributed by atoms with Gasteiger partial charge in [0.1, 0.15) is 12.2 Å². The van der Waals surface area contributed by atoms with E-state index in [2.05, 4.69) is 19.9 Å². The zero-order valence-electron chi connectivity index (χ0n) is 11.2. The van der Waals surface area contributed by atoms with E-state index in [0.29, 0.717) is 12.0 Å². The lowest BCUT2D eigenvalue weighted by atomic mass is 10.1. The first-order chi connectivity index (χ1) is 9.16. The number of aryl methyl sites for hydroxylation is 1. The molecule has 2 fully saturated rings. The highest BCUT2D eigenvalue weighted by molar-refractivity contribution is 5.40. The van der Waals surface area contributed by atoms with Crippen molar-refractivity contribution in [3.63, 3.8) is 0 Å². The second-order valence-corrected chi connectivity index (χ2v) is 5.85. The Morgan fingerprint density at radius 3 is 2.53 bits per heavy atom. The molecule has 2 aromatic rings. The number of anilines is 1. The fourth-order valence-corrected chi connectivity index (χ4v) is 3.81. The lowest BCUT2D eigenvalue weighted by molar-refractivity contribution is 0.403. The van der Waals surface area contributed by atoms with Gasteiger partial charge in [0.25, 0.3) is 0 Å². The summed E-state index contributed by atoms with van der Waals surface area (Å²) >= 11 is 0. The van der Waals surface area contributed by atoms with Crippen LogP contribution in [0.3, 0.4) is 0 Å². The van der Waals surface area contributed by atoms with Crippen molar-refractivity contribution >= 4 is 5.69 Å². The molecule has 0 saturated heterocycles. The Morgan fingerprint density at radius 2 is 2.00 bits per heavy atom. The van der Waals surface area contributed by atoms with Crippen LogP contribution < -0.4 is 5.73 Å². The van der Waals surface area contributed by atoms with Crippen LogP contribution in [-0.2, 0) is 7.05 Å². The van der Waals surface area contributed by atoms with E-state index < -0.39 is 0 Å². The molecular weight excluding hydrogens is 240 g/mol. The van der Waals surface area contributed by atoms with Crippen molar-refractivity contribution in [3.05, 3.63) is 24.0 Å². The van der Waals surface area contributed by atoms with Gasteiger partial charge >= 0.3 is 0 Å². The van der Waals surface area contributed by atoms with Crippen LogP contribution in [0.5, 0.6) is 0 Å². The Hall–Kier alpha value is -1.85. The maximum Gasteiger partial charge on any atom is 0.138 e. The van der Waals surface area contributed by atoms with E-state index in [-0.39, 0.29) is 0 Å². The highest BCUT2D eigenvalue weighted by atomic mass is 15.3. The summed E-state index contributed by atoms with van der Waals surface area (Å²) < 4.78 is 4.02. The molecule has 2 N–H and O–H groups in total. The van der Waals surface area contributed by atoms with Crippen LogP contribution in [0.4, 0.5) is 5.69 Å². The minimum atomic E-state index is 0.511. The van der Waals surface area contributed by atoms with E-state index in [4.69, 9.17) is 5.73 Å². The maximum absolute atomic E-state index is 5.87. The zero-order valence-corrected chi connectivity index (χ0v) is 11.2. The molecule has 2 heterocycles. The number of rotatable bonds is 2. The number of hydrogen-bond donors (Lipinski definition) is 1. The van der Waals surface area contributed by atoms with Gasteiger partial charge in [0, 0.05) is 13.0 Å². The molecule has 19 heavy (non-hydrogen) atoms. The predicted molar refractivity (Wildman–Crippen MR) is 70.4 cm³/mol. The summed E-state index contributed by atoms with van der Waals surface area (Å²) in [6.45, 7) is 2.05. The Balaban J connectivity index is 1.52. The van der Waals surface area contributed by atoms with Gasteiger partial charge in [-0.2, -0.15) is 10.2 Å². The molecule has 2 unspecified atom stereocenters. The summed E-state index contributed by atoms with van der Waals surface area (Å²) in [6.07, 6.45) is 5.78. The maximum atomic E-state index is 5.87. The highest BCUT2D eigenvalue weighted by Crippen LogP contribution is 2.65. The smallest absolute Gasteiger partial charge is 0.138 e. The molecule has 4 rings (SSSR count). The fraction of sp³-hybridized carbons (Fsp3) is 0.615. The highest BCUT2D eigenvalue weighted by Gasteiger charge is 2.59. The molecule has 2 saturated carbocycles.